The van der Waals surface area contributed by atoms with Gasteiger partial charge >= 0.3 is 0 Å². The molecule has 0 rings (SSSR count). The van der Waals surface area contributed by atoms with Crippen molar-refractivity contribution in [2.24, 2.45) is 5.92 Å². The van der Waals surface area contributed by atoms with Crippen molar-refractivity contribution in [2.45, 2.75) is 33.1 Å². The van der Waals surface area contributed by atoms with Crippen molar-refractivity contribution in [1.82, 2.24) is 0 Å². The molecule has 0 aliphatic rings. The molecule has 0 aromatic heterocycles. The monoisotopic (exact) mass is 174 g/mol. The van der Waals surface area contributed by atoms with Crippen LogP contribution in [0, 0.1) is 5.92 Å². The van der Waals surface area contributed by atoms with Crippen LogP contribution in [-0.4, -0.2) is 17.8 Å². The number of hydrogen-bond donors (Lipinski definition) is 0. The van der Waals surface area contributed by atoms with Crippen LogP contribution in [-0.2, 0) is 4.79 Å². The molecule has 1 nitrogen and oxygen atoms in total. The van der Waals surface area contributed by atoms with Crippen LogP contribution in [0.2, 0.25) is 0 Å². The molecule has 0 fully saturated rings. The second-order valence-corrected chi connectivity index (χ2v) is 3.98. The molecule has 0 radical (unpaired) electrons. The summed E-state index contributed by atoms with van der Waals surface area (Å²) >= 11 is 1.74. The molecule has 0 heterocycles. The normalized spacial score (nSPS) is 13.0. The number of carbonyl (C=O) groups excluding carboxylic acids is 1. The van der Waals surface area contributed by atoms with E-state index >= 15 is 0 Å². The zero-order valence-corrected chi connectivity index (χ0v) is 8.54. The molecule has 0 aromatic rings. The molecule has 0 saturated carbocycles. The van der Waals surface area contributed by atoms with E-state index in [4.69, 9.17) is 0 Å². The van der Waals surface area contributed by atoms with Gasteiger partial charge in [-0.3, -0.25) is 4.79 Å². The summed E-state index contributed by atoms with van der Waals surface area (Å²) in [5.41, 5.74) is 0. The highest BCUT2D eigenvalue weighted by atomic mass is 32.2. The lowest BCUT2D eigenvalue weighted by Crippen LogP contribution is -2.05. The number of Topliss-reactive ketones (excluding diaryl/α,β-unsaturated/α-hetero) is 1. The second-order valence-electron chi connectivity index (χ2n) is 3.00. The van der Waals surface area contributed by atoms with Gasteiger partial charge in [0.05, 0.1) is 0 Å². The van der Waals surface area contributed by atoms with Crippen LogP contribution in [0.4, 0.5) is 0 Å². The van der Waals surface area contributed by atoms with E-state index in [-0.39, 0.29) is 0 Å². The third kappa shape index (κ3) is 6.42. The second kappa shape index (κ2) is 6.71. The van der Waals surface area contributed by atoms with Crippen molar-refractivity contribution < 1.29 is 4.79 Å². The summed E-state index contributed by atoms with van der Waals surface area (Å²) < 4.78 is 0. The smallest absolute Gasteiger partial charge is 0.133 e. The highest BCUT2D eigenvalue weighted by Gasteiger charge is 2.05. The maximum atomic E-state index is 11.2. The van der Waals surface area contributed by atoms with Gasteiger partial charge in [0.15, 0.2) is 0 Å². The first kappa shape index (κ1) is 11.0. The number of ketones is 1. The van der Waals surface area contributed by atoms with E-state index in [9.17, 15) is 4.79 Å². The van der Waals surface area contributed by atoms with Crippen LogP contribution in [0.15, 0.2) is 0 Å². The number of hydrogen-bond acceptors (Lipinski definition) is 2. The van der Waals surface area contributed by atoms with E-state index in [2.05, 4.69) is 13.8 Å². The fourth-order valence-electron chi connectivity index (χ4n) is 0.851. The SMILES string of the molecule is CCC(C)CC(=O)CCSC. The van der Waals surface area contributed by atoms with Crippen molar-refractivity contribution in [3.05, 3.63) is 0 Å². The van der Waals surface area contributed by atoms with Gasteiger partial charge in [-0.15, -0.1) is 0 Å². The van der Waals surface area contributed by atoms with Crippen molar-refractivity contribution in [3.8, 4) is 0 Å². The summed E-state index contributed by atoms with van der Waals surface area (Å²) in [6.07, 6.45) is 4.68. The Morgan fingerprint density at radius 3 is 2.64 bits per heavy atom. The summed E-state index contributed by atoms with van der Waals surface area (Å²) in [7, 11) is 0. The van der Waals surface area contributed by atoms with E-state index in [0.717, 1.165) is 25.0 Å². The lowest BCUT2D eigenvalue weighted by Gasteiger charge is -2.05. The molecule has 2 heteroatoms. The van der Waals surface area contributed by atoms with E-state index in [1.807, 2.05) is 6.26 Å². The van der Waals surface area contributed by atoms with Gasteiger partial charge in [0.1, 0.15) is 5.78 Å². The molecule has 0 aromatic carbocycles. The lowest BCUT2D eigenvalue weighted by molar-refractivity contribution is -0.119. The minimum atomic E-state index is 0.425. The van der Waals surface area contributed by atoms with Crippen LogP contribution in [0.3, 0.4) is 0 Å². The van der Waals surface area contributed by atoms with E-state index in [1.54, 1.807) is 11.8 Å². The molecule has 0 amide bonds. The van der Waals surface area contributed by atoms with Gasteiger partial charge in [0.2, 0.25) is 0 Å². The summed E-state index contributed by atoms with van der Waals surface area (Å²) in [5.74, 6) is 1.98. The first-order valence-corrected chi connectivity index (χ1v) is 5.60. The summed E-state index contributed by atoms with van der Waals surface area (Å²) in [6.45, 7) is 4.27. The first-order chi connectivity index (χ1) is 5.20. The third-order valence-electron chi connectivity index (χ3n) is 1.86. The fraction of sp³-hybridized carbons (Fsp3) is 0.889. The molecule has 66 valence electrons. The Labute approximate surface area is 73.9 Å². The van der Waals surface area contributed by atoms with E-state index in [1.165, 1.54) is 0 Å². The van der Waals surface area contributed by atoms with Crippen molar-refractivity contribution in [2.75, 3.05) is 12.0 Å². The van der Waals surface area contributed by atoms with Crippen LogP contribution in [0.5, 0.6) is 0 Å². The number of rotatable bonds is 6. The predicted octanol–water partition coefficient (Wildman–Crippen LogP) is 2.74. The van der Waals surface area contributed by atoms with Crippen LogP contribution < -0.4 is 0 Å². The summed E-state index contributed by atoms with van der Waals surface area (Å²) in [5, 5.41) is 0. The van der Waals surface area contributed by atoms with Gasteiger partial charge in [-0.2, -0.15) is 11.8 Å². The first-order valence-electron chi connectivity index (χ1n) is 4.21. The minimum Gasteiger partial charge on any atom is -0.300 e. The van der Waals surface area contributed by atoms with Crippen LogP contribution in [0.1, 0.15) is 33.1 Å². The molecular weight excluding hydrogens is 156 g/mol. The van der Waals surface area contributed by atoms with Crippen molar-refractivity contribution in [3.63, 3.8) is 0 Å². The van der Waals surface area contributed by atoms with Gasteiger partial charge in [-0.1, -0.05) is 20.3 Å². The van der Waals surface area contributed by atoms with Gasteiger partial charge < -0.3 is 0 Å². The Bertz CT molecular complexity index is 112. The maximum Gasteiger partial charge on any atom is 0.133 e. The quantitative estimate of drug-likeness (QED) is 0.616. The average Bonchev–Trinajstić information content (AvgIpc) is 2.00. The average molecular weight is 174 g/mol. The highest BCUT2D eigenvalue weighted by molar-refractivity contribution is 7.98. The Balaban J connectivity index is 3.36. The van der Waals surface area contributed by atoms with Crippen molar-refractivity contribution in [1.29, 1.82) is 0 Å². The molecule has 0 aliphatic carbocycles. The molecule has 0 aliphatic heterocycles. The molecule has 0 spiro atoms. The Morgan fingerprint density at radius 2 is 2.18 bits per heavy atom. The van der Waals surface area contributed by atoms with Gasteiger partial charge in [-0.25, -0.2) is 0 Å². The Morgan fingerprint density at radius 1 is 1.55 bits per heavy atom. The third-order valence-corrected chi connectivity index (χ3v) is 2.47. The standard InChI is InChI=1S/C9H18OS/c1-4-8(2)7-9(10)5-6-11-3/h8H,4-7H2,1-3H3. The van der Waals surface area contributed by atoms with Gasteiger partial charge in [-0.05, 0) is 17.9 Å². The molecule has 0 bridgehead atoms. The minimum absolute atomic E-state index is 0.425. The largest absolute Gasteiger partial charge is 0.300 e. The van der Waals surface area contributed by atoms with E-state index in [0.29, 0.717) is 11.7 Å². The molecule has 0 N–H and O–H groups in total. The summed E-state index contributed by atoms with van der Waals surface area (Å²) in [6, 6.07) is 0. The summed E-state index contributed by atoms with van der Waals surface area (Å²) in [4.78, 5) is 11.2. The van der Waals surface area contributed by atoms with Crippen LogP contribution in [0.25, 0.3) is 0 Å². The fourth-order valence-corrected chi connectivity index (χ4v) is 1.28. The number of thioether (sulfide) groups is 1. The molecule has 1 atom stereocenters. The topological polar surface area (TPSA) is 17.1 Å². The highest BCUT2D eigenvalue weighted by Crippen LogP contribution is 2.09. The number of carbonyl (C=O) groups is 1. The predicted molar refractivity (Wildman–Crippen MR) is 52.1 cm³/mol. The molecule has 11 heavy (non-hydrogen) atoms. The van der Waals surface area contributed by atoms with Gasteiger partial charge in [0.25, 0.3) is 0 Å². The zero-order chi connectivity index (χ0) is 8.69. The Kier molecular flexibility index (Phi) is 6.73. The van der Waals surface area contributed by atoms with E-state index < -0.39 is 0 Å². The molecule has 1 unspecified atom stereocenters. The molecule has 0 saturated heterocycles. The lowest BCUT2D eigenvalue weighted by atomic mass is 10.0. The molecular formula is C9H18OS. The maximum absolute atomic E-state index is 11.2. The van der Waals surface area contributed by atoms with Gasteiger partial charge in [0, 0.05) is 12.8 Å². The zero-order valence-electron chi connectivity index (χ0n) is 7.72. The Hall–Kier alpha value is 0.0200. The van der Waals surface area contributed by atoms with Crippen molar-refractivity contribution >= 4 is 17.5 Å². The van der Waals surface area contributed by atoms with Crippen LogP contribution >= 0.6 is 11.8 Å².